The number of rotatable bonds is 5. The Morgan fingerprint density at radius 3 is 2.74 bits per heavy atom. The van der Waals surface area contributed by atoms with E-state index in [0.29, 0.717) is 5.76 Å². The number of furan rings is 2. The molecule has 2 aromatic heterocycles. The summed E-state index contributed by atoms with van der Waals surface area (Å²) in [4.78, 5) is 0.0231. The summed E-state index contributed by atoms with van der Waals surface area (Å²) >= 11 is 0. The molecule has 0 aliphatic carbocycles. The van der Waals surface area contributed by atoms with Gasteiger partial charge >= 0.3 is 0 Å². The lowest BCUT2D eigenvalue weighted by Crippen LogP contribution is -2.26. The van der Waals surface area contributed by atoms with E-state index in [1.54, 1.807) is 19.1 Å². The van der Waals surface area contributed by atoms with E-state index in [0.717, 1.165) is 0 Å². The molecule has 0 aliphatic rings. The smallest absolute Gasteiger partial charge is 0.244 e. The Kier molecular flexibility index (Phi) is 3.79. The van der Waals surface area contributed by atoms with Crippen molar-refractivity contribution in [2.75, 3.05) is 0 Å². The van der Waals surface area contributed by atoms with Gasteiger partial charge in [0, 0.05) is 6.07 Å². The van der Waals surface area contributed by atoms with Crippen molar-refractivity contribution in [3.63, 3.8) is 0 Å². The molecule has 2 rings (SSSR count). The van der Waals surface area contributed by atoms with Gasteiger partial charge in [-0.3, -0.25) is 0 Å². The zero-order valence-electron chi connectivity index (χ0n) is 10.6. The monoisotopic (exact) mass is 285 g/mol. The fraction of sp³-hybridized carbons (Fsp3) is 0.333. The molecule has 6 nitrogen and oxygen atoms in total. The van der Waals surface area contributed by atoms with E-state index in [-0.39, 0.29) is 23.0 Å². The van der Waals surface area contributed by atoms with E-state index >= 15 is 0 Å². The van der Waals surface area contributed by atoms with Crippen molar-refractivity contribution < 1.29 is 22.4 Å². The van der Waals surface area contributed by atoms with Crippen LogP contribution in [0.15, 0.2) is 38.2 Å². The molecule has 0 radical (unpaired) electrons. The van der Waals surface area contributed by atoms with Gasteiger partial charge in [-0.05, 0) is 26.0 Å². The van der Waals surface area contributed by atoms with Crippen LogP contribution in [0.4, 0.5) is 0 Å². The summed E-state index contributed by atoms with van der Waals surface area (Å²) in [5, 5.41) is 8.95. The summed E-state index contributed by atoms with van der Waals surface area (Å²) in [5.74, 6) is 0.971. The maximum Gasteiger partial charge on any atom is 0.244 e. The van der Waals surface area contributed by atoms with Gasteiger partial charge in [0.1, 0.15) is 28.8 Å². The molecule has 2 N–H and O–H groups in total. The van der Waals surface area contributed by atoms with Crippen LogP contribution < -0.4 is 4.72 Å². The van der Waals surface area contributed by atoms with Gasteiger partial charge in [-0.25, -0.2) is 13.1 Å². The summed E-state index contributed by atoms with van der Waals surface area (Å²) in [6.07, 6.45) is 1.48. The van der Waals surface area contributed by atoms with Crippen molar-refractivity contribution in [2.45, 2.75) is 31.4 Å². The largest absolute Gasteiger partial charge is 0.468 e. The summed E-state index contributed by atoms with van der Waals surface area (Å²) in [5.41, 5.74) is 0. The van der Waals surface area contributed by atoms with Gasteiger partial charge in [0.25, 0.3) is 0 Å². The molecular weight excluding hydrogens is 270 g/mol. The Labute approximate surface area is 111 Å². The third-order valence-electron chi connectivity index (χ3n) is 2.67. The predicted molar refractivity (Wildman–Crippen MR) is 66.8 cm³/mol. The molecule has 0 saturated carbocycles. The first-order valence-corrected chi connectivity index (χ1v) is 7.18. The van der Waals surface area contributed by atoms with Crippen molar-refractivity contribution in [1.29, 1.82) is 0 Å². The summed E-state index contributed by atoms with van der Waals surface area (Å²) in [7, 11) is -3.72. The van der Waals surface area contributed by atoms with Crippen molar-refractivity contribution in [1.82, 2.24) is 4.72 Å². The maximum atomic E-state index is 12.2. The summed E-state index contributed by atoms with van der Waals surface area (Å²) < 4.78 is 37.2. The van der Waals surface area contributed by atoms with Gasteiger partial charge in [0.2, 0.25) is 10.0 Å². The van der Waals surface area contributed by atoms with Gasteiger partial charge < -0.3 is 13.9 Å². The molecule has 0 fully saturated rings. The van der Waals surface area contributed by atoms with E-state index in [4.69, 9.17) is 13.9 Å². The first-order chi connectivity index (χ1) is 8.94. The number of aryl methyl sites for hydroxylation is 1. The fourth-order valence-corrected chi connectivity index (χ4v) is 3.18. The number of hydrogen-bond acceptors (Lipinski definition) is 5. The maximum absolute atomic E-state index is 12.2. The van der Waals surface area contributed by atoms with Crippen LogP contribution in [-0.4, -0.2) is 13.5 Å². The highest BCUT2D eigenvalue weighted by molar-refractivity contribution is 7.89. The first kappa shape index (κ1) is 13.9. The molecule has 0 aliphatic heterocycles. The minimum atomic E-state index is -3.72. The van der Waals surface area contributed by atoms with Crippen LogP contribution in [0.1, 0.15) is 30.2 Å². The topological polar surface area (TPSA) is 92.7 Å². The third-order valence-corrected chi connectivity index (χ3v) is 4.32. The first-order valence-electron chi connectivity index (χ1n) is 5.70. The molecule has 2 aromatic rings. The molecular formula is C12H15NO5S. The molecule has 0 saturated heterocycles. The lowest BCUT2D eigenvalue weighted by Gasteiger charge is -2.11. The molecule has 7 heteroatoms. The Morgan fingerprint density at radius 2 is 2.21 bits per heavy atom. The normalized spacial score (nSPS) is 13.6. The van der Waals surface area contributed by atoms with Crippen LogP contribution in [0.2, 0.25) is 0 Å². The Balaban J connectivity index is 2.25. The average molecular weight is 285 g/mol. The molecule has 19 heavy (non-hydrogen) atoms. The molecule has 0 spiro atoms. The SMILES string of the molecule is Cc1oc(CO)cc1S(=O)(=O)NC(C)c1ccco1. The standard InChI is InChI=1S/C12H15NO5S/c1-8(11-4-3-5-17-11)13-19(15,16)12-6-10(7-14)18-9(12)2/h3-6,8,13-14H,7H2,1-2H3. The zero-order chi connectivity index (χ0) is 14.0. The van der Waals surface area contributed by atoms with Crippen molar-refractivity contribution >= 4 is 10.0 Å². The minimum Gasteiger partial charge on any atom is -0.468 e. The van der Waals surface area contributed by atoms with E-state index in [2.05, 4.69) is 4.72 Å². The van der Waals surface area contributed by atoms with Crippen LogP contribution >= 0.6 is 0 Å². The van der Waals surface area contributed by atoms with Crippen molar-refractivity contribution in [2.24, 2.45) is 0 Å². The van der Waals surface area contributed by atoms with Gasteiger partial charge in [-0.2, -0.15) is 0 Å². The molecule has 1 unspecified atom stereocenters. The van der Waals surface area contributed by atoms with Crippen LogP contribution in [0.3, 0.4) is 0 Å². The zero-order valence-corrected chi connectivity index (χ0v) is 11.4. The molecule has 0 amide bonds. The van der Waals surface area contributed by atoms with Crippen molar-refractivity contribution in [3.05, 3.63) is 41.7 Å². The number of hydrogen-bond donors (Lipinski definition) is 2. The highest BCUT2D eigenvalue weighted by Gasteiger charge is 2.24. The van der Waals surface area contributed by atoms with Crippen LogP contribution in [0.25, 0.3) is 0 Å². The number of nitrogens with one attached hydrogen (secondary N) is 1. The molecule has 2 heterocycles. The van der Waals surface area contributed by atoms with E-state index in [1.165, 1.54) is 19.3 Å². The lowest BCUT2D eigenvalue weighted by atomic mass is 10.3. The fourth-order valence-electron chi connectivity index (χ4n) is 1.76. The van der Waals surface area contributed by atoms with E-state index < -0.39 is 16.1 Å². The Bertz CT molecular complexity index is 642. The average Bonchev–Trinajstić information content (AvgIpc) is 2.96. The summed E-state index contributed by atoms with van der Waals surface area (Å²) in [6, 6.07) is 4.20. The Morgan fingerprint density at radius 1 is 1.47 bits per heavy atom. The van der Waals surface area contributed by atoms with Gasteiger partial charge in [-0.15, -0.1) is 0 Å². The molecule has 0 bridgehead atoms. The minimum absolute atomic E-state index is 0.0231. The quantitative estimate of drug-likeness (QED) is 0.872. The number of aliphatic hydroxyl groups excluding tert-OH is 1. The highest BCUT2D eigenvalue weighted by Crippen LogP contribution is 2.22. The second kappa shape index (κ2) is 5.20. The summed E-state index contributed by atoms with van der Waals surface area (Å²) in [6.45, 7) is 2.87. The van der Waals surface area contributed by atoms with Crippen LogP contribution in [-0.2, 0) is 16.6 Å². The number of aliphatic hydroxyl groups is 1. The highest BCUT2D eigenvalue weighted by atomic mass is 32.2. The van der Waals surface area contributed by atoms with Crippen LogP contribution in [0, 0.1) is 6.92 Å². The van der Waals surface area contributed by atoms with Crippen LogP contribution in [0.5, 0.6) is 0 Å². The molecule has 104 valence electrons. The van der Waals surface area contributed by atoms with E-state index in [1.807, 2.05) is 0 Å². The second-order valence-electron chi connectivity index (χ2n) is 4.15. The predicted octanol–water partition coefficient (Wildman–Crippen LogP) is 1.71. The molecule has 0 aromatic carbocycles. The lowest BCUT2D eigenvalue weighted by molar-refractivity contribution is 0.244. The van der Waals surface area contributed by atoms with E-state index in [9.17, 15) is 8.42 Å². The second-order valence-corrected chi connectivity index (χ2v) is 5.83. The van der Waals surface area contributed by atoms with Gasteiger partial charge in [0.05, 0.1) is 12.3 Å². The van der Waals surface area contributed by atoms with Crippen molar-refractivity contribution in [3.8, 4) is 0 Å². The Hall–Kier alpha value is -1.57. The van der Waals surface area contributed by atoms with Gasteiger partial charge in [-0.1, -0.05) is 0 Å². The molecule has 1 atom stereocenters. The third kappa shape index (κ3) is 2.89. The van der Waals surface area contributed by atoms with Gasteiger partial charge in [0.15, 0.2) is 0 Å². The number of sulfonamides is 1.